The second-order valence-corrected chi connectivity index (χ2v) is 5.77. The van der Waals surface area contributed by atoms with Crippen LogP contribution in [-0.4, -0.2) is 28.0 Å². The summed E-state index contributed by atoms with van der Waals surface area (Å²) in [7, 11) is 1.44. The zero-order chi connectivity index (χ0) is 16.4. The molecular formula is C15H11ClN4O2S. The standard InChI is InChI=1S/C15H11ClN4O2S/c1-22-15-18-6-9(13(17)21)12(20-15)14-19-11(7-23-14)8-4-2-3-5-10(8)16/h2-7H,1H3,(H2,17,21). The molecule has 0 fully saturated rings. The van der Waals surface area contributed by atoms with Crippen molar-refractivity contribution in [2.75, 3.05) is 7.11 Å². The summed E-state index contributed by atoms with van der Waals surface area (Å²) in [5.74, 6) is -0.628. The van der Waals surface area contributed by atoms with Gasteiger partial charge in [0.1, 0.15) is 10.7 Å². The monoisotopic (exact) mass is 346 g/mol. The van der Waals surface area contributed by atoms with E-state index in [-0.39, 0.29) is 11.6 Å². The Labute approximate surface area is 140 Å². The first-order chi connectivity index (χ1) is 11.1. The zero-order valence-corrected chi connectivity index (χ0v) is 13.6. The summed E-state index contributed by atoms with van der Waals surface area (Å²) in [4.78, 5) is 24.2. The lowest BCUT2D eigenvalue weighted by molar-refractivity contribution is 0.1000. The van der Waals surface area contributed by atoms with Gasteiger partial charge in [-0.2, -0.15) is 4.98 Å². The topological polar surface area (TPSA) is 91.0 Å². The average Bonchev–Trinajstić information content (AvgIpc) is 3.04. The summed E-state index contributed by atoms with van der Waals surface area (Å²) in [5.41, 5.74) is 7.41. The quantitative estimate of drug-likeness (QED) is 0.784. The Morgan fingerprint density at radius 1 is 1.30 bits per heavy atom. The van der Waals surface area contributed by atoms with Gasteiger partial charge in [0.25, 0.3) is 5.91 Å². The van der Waals surface area contributed by atoms with Gasteiger partial charge in [-0.25, -0.2) is 9.97 Å². The third kappa shape index (κ3) is 3.01. The number of carbonyl (C=O) groups is 1. The number of aromatic nitrogens is 3. The molecule has 2 aromatic heterocycles. The molecule has 1 aromatic carbocycles. The highest BCUT2D eigenvalue weighted by Gasteiger charge is 2.18. The van der Waals surface area contributed by atoms with Crippen molar-refractivity contribution in [1.82, 2.24) is 15.0 Å². The van der Waals surface area contributed by atoms with Gasteiger partial charge in [0.15, 0.2) is 0 Å². The summed E-state index contributed by atoms with van der Waals surface area (Å²) in [6, 6.07) is 7.52. The van der Waals surface area contributed by atoms with Crippen LogP contribution in [0.3, 0.4) is 0 Å². The SMILES string of the molecule is COc1ncc(C(N)=O)c(-c2nc(-c3ccccc3Cl)cs2)n1. The van der Waals surface area contributed by atoms with E-state index in [9.17, 15) is 4.79 Å². The van der Waals surface area contributed by atoms with Gasteiger partial charge >= 0.3 is 6.01 Å². The Hall–Kier alpha value is -2.51. The van der Waals surface area contributed by atoms with E-state index in [1.165, 1.54) is 24.6 Å². The first kappa shape index (κ1) is 15.4. The largest absolute Gasteiger partial charge is 0.467 e. The number of amides is 1. The van der Waals surface area contributed by atoms with Crippen LogP contribution >= 0.6 is 22.9 Å². The van der Waals surface area contributed by atoms with Gasteiger partial charge in [-0.15, -0.1) is 11.3 Å². The van der Waals surface area contributed by atoms with Gasteiger partial charge in [-0.05, 0) is 6.07 Å². The minimum absolute atomic E-state index is 0.138. The van der Waals surface area contributed by atoms with Gasteiger partial charge in [-0.3, -0.25) is 4.79 Å². The average molecular weight is 347 g/mol. The van der Waals surface area contributed by atoms with Crippen LogP contribution in [0.2, 0.25) is 5.02 Å². The van der Waals surface area contributed by atoms with E-state index < -0.39 is 5.91 Å². The molecule has 0 saturated heterocycles. The Kier molecular flexibility index (Phi) is 4.22. The highest BCUT2D eigenvalue weighted by atomic mass is 35.5. The molecule has 6 nitrogen and oxygen atoms in total. The van der Waals surface area contributed by atoms with Crippen molar-refractivity contribution in [1.29, 1.82) is 0 Å². The van der Waals surface area contributed by atoms with Gasteiger partial charge in [0.2, 0.25) is 0 Å². The second kappa shape index (κ2) is 6.31. The van der Waals surface area contributed by atoms with Crippen LogP contribution in [0.4, 0.5) is 0 Å². The Balaban J connectivity index is 2.10. The fraction of sp³-hybridized carbons (Fsp3) is 0.0667. The third-order valence-electron chi connectivity index (χ3n) is 3.07. The lowest BCUT2D eigenvalue weighted by Gasteiger charge is -2.04. The number of hydrogen-bond acceptors (Lipinski definition) is 6. The molecule has 0 radical (unpaired) electrons. The van der Waals surface area contributed by atoms with Crippen molar-refractivity contribution in [2.45, 2.75) is 0 Å². The third-order valence-corrected chi connectivity index (χ3v) is 4.25. The molecule has 116 valence electrons. The van der Waals surface area contributed by atoms with Crippen LogP contribution in [0.1, 0.15) is 10.4 Å². The lowest BCUT2D eigenvalue weighted by atomic mass is 10.2. The van der Waals surface area contributed by atoms with Gasteiger partial charge in [0.05, 0.1) is 18.4 Å². The van der Waals surface area contributed by atoms with Crippen LogP contribution in [0, 0.1) is 0 Å². The lowest BCUT2D eigenvalue weighted by Crippen LogP contribution is -2.14. The number of ether oxygens (including phenoxy) is 1. The fourth-order valence-electron chi connectivity index (χ4n) is 1.98. The predicted molar refractivity (Wildman–Crippen MR) is 88.7 cm³/mol. The van der Waals surface area contributed by atoms with Crippen LogP contribution in [-0.2, 0) is 0 Å². The maximum atomic E-state index is 11.6. The van der Waals surface area contributed by atoms with E-state index in [2.05, 4.69) is 15.0 Å². The number of nitrogens with two attached hydrogens (primary N) is 1. The number of halogens is 1. The molecule has 2 N–H and O–H groups in total. The Morgan fingerprint density at radius 3 is 2.78 bits per heavy atom. The molecular weight excluding hydrogens is 336 g/mol. The molecule has 0 aliphatic rings. The fourth-order valence-corrected chi connectivity index (χ4v) is 3.04. The van der Waals surface area contributed by atoms with E-state index in [4.69, 9.17) is 22.1 Å². The minimum Gasteiger partial charge on any atom is -0.467 e. The molecule has 1 amide bonds. The summed E-state index contributed by atoms with van der Waals surface area (Å²) < 4.78 is 5.00. The van der Waals surface area contributed by atoms with Gasteiger partial charge in [-0.1, -0.05) is 29.8 Å². The maximum absolute atomic E-state index is 11.6. The molecule has 0 saturated carbocycles. The van der Waals surface area contributed by atoms with Crippen LogP contribution in [0.15, 0.2) is 35.8 Å². The smallest absolute Gasteiger partial charge is 0.316 e. The number of rotatable bonds is 4. The van der Waals surface area contributed by atoms with Crippen molar-refractivity contribution in [3.63, 3.8) is 0 Å². The van der Waals surface area contributed by atoms with Crippen molar-refractivity contribution < 1.29 is 9.53 Å². The molecule has 23 heavy (non-hydrogen) atoms. The highest BCUT2D eigenvalue weighted by Crippen LogP contribution is 2.33. The van der Waals surface area contributed by atoms with Gasteiger partial charge in [0, 0.05) is 22.2 Å². The van der Waals surface area contributed by atoms with Crippen molar-refractivity contribution in [2.24, 2.45) is 5.73 Å². The maximum Gasteiger partial charge on any atom is 0.316 e. The summed E-state index contributed by atoms with van der Waals surface area (Å²) >= 11 is 7.52. The van der Waals surface area contributed by atoms with E-state index in [1.807, 2.05) is 23.6 Å². The number of methoxy groups -OCH3 is 1. The molecule has 0 bridgehead atoms. The Bertz CT molecular complexity index is 881. The minimum atomic E-state index is -0.628. The normalized spacial score (nSPS) is 10.5. The number of primary amides is 1. The van der Waals surface area contributed by atoms with Crippen molar-refractivity contribution >= 4 is 28.8 Å². The summed E-state index contributed by atoms with van der Waals surface area (Å²) in [5, 5.41) is 2.98. The van der Waals surface area contributed by atoms with E-state index in [0.29, 0.717) is 21.4 Å². The molecule has 3 aromatic rings. The molecule has 2 heterocycles. The van der Waals surface area contributed by atoms with E-state index in [0.717, 1.165) is 5.56 Å². The number of hydrogen-bond donors (Lipinski definition) is 1. The number of nitrogens with zero attached hydrogens (tertiary/aromatic N) is 3. The molecule has 0 spiro atoms. The highest BCUT2D eigenvalue weighted by molar-refractivity contribution is 7.13. The molecule has 0 unspecified atom stereocenters. The first-order valence-electron chi connectivity index (χ1n) is 6.51. The van der Waals surface area contributed by atoms with Crippen LogP contribution in [0.25, 0.3) is 22.0 Å². The number of benzene rings is 1. The predicted octanol–water partition coefficient (Wildman–Crippen LogP) is 3.03. The number of thiazole rings is 1. The molecule has 0 aliphatic heterocycles. The molecule has 8 heteroatoms. The van der Waals surface area contributed by atoms with Crippen molar-refractivity contribution in [3.8, 4) is 28.0 Å². The molecule has 0 atom stereocenters. The molecule has 0 aliphatic carbocycles. The number of carbonyl (C=O) groups excluding carboxylic acids is 1. The van der Waals surface area contributed by atoms with Gasteiger partial charge < -0.3 is 10.5 Å². The van der Waals surface area contributed by atoms with E-state index in [1.54, 1.807) is 6.07 Å². The summed E-state index contributed by atoms with van der Waals surface area (Å²) in [6.07, 6.45) is 1.33. The second-order valence-electron chi connectivity index (χ2n) is 4.50. The Morgan fingerprint density at radius 2 is 2.09 bits per heavy atom. The van der Waals surface area contributed by atoms with Crippen LogP contribution < -0.4 is 10.5 Å². The summed E-state index contributed by atoms with van der Waals surface area (Å²) in [6.45, 7) is 0. The zero-order valence-electron chi connectivity index (χ0n) is 12.0. The molecule has 3 rings (SSSR count). The first-order valence-corrected chi connectivity index (χ1v) is 7.77. The van der Waals surface area contributed by atoms with E-state index >= 15 is 0 Å². The van der Waals surface area contributed by atoms with Crippen LogP contribution in [0.5, 0.6) is 6.01 Å². The van der Waals surface area contributed by atoms with Crippen molar-refractivity contribution in [3.05, 3.63) is 46.4 Å².